The number of rotatable bonds is 3. The van der Waals surface area contributed by atoms with Crippen molar-refractivity contribution in [2.24, 2.45) is 0 Å². The van der Waals surface area contributed by atoms with Crippen molar-refractivity contribution < 1.29 is 12.8 Å². The van der Waals surface area contributed by atoms with Crippen LogP contribution in [0.2, 0.25) is 0 Å². The summed E-state index contributed by atoms with van der Waals surface area (Å²) >= 11 is 0. The van der Waals surface area contributed by atoms with Gasteiger partial charge in [-0.3, -0.25) is 0 Å². The molecule has 0 aliphatic rings. The van der Waals surface area contributed by atoms with E-state index in [9.17, 15) is 12.8 Å². The zero-order valence-corrected chi connectivity index (χ0v) is 13.4. The minimum Gasteiger partial charge on any atom is -0.207 e. The molecule has 0 spiro atoms. The van der Waals surface area contributed by atoms with Gasteiger partial charge >= 0.3 is 0 Å². The molecule has 0 saturated carbocycles. The molecule has 0 amide bonds. The first-order chi connectivity index (χ1) is 10.9. The average molecular weight is 331 g/mol. The first kappa shape index (κ1) is 15.4. The van der Waals surface area contributed by atoms with Crippen LogP contribution in [0.1, 0.15) is 11.3 Å². The van der Waals surface area contributed by atoms with E-state index in [0.29, 0.717) is 11.4 Å². The predicted octanol–water partition coefficient (Wildman–Crippen LogP) is 2.94. The van der Waals surface area contributed by atoms with E-state index in [1.165, 1.54) is 12.1 Å². The molecule has 0 fully saturated rings. The third kappa shape index (κ3) is 2.75. The summed E-state index contributed by atoms with van der Waals surface area (Å²) in [5.74, 6) is -0.500. The van der Waals surface area contributed by atoms with Crippen molar-refractivity contribution in [1.82, 2.24) is 14.4 Å². The minimum absolute atomic E-state index is 0.0395. The molecule has 0 bridgehead atoms. The van der Waals surface area contributed by atoms with Crippen molar-refractivity contribution in [3.63, 3.8) is 0 Å². The Morgan fingerprint density at radius 1 is 0.957 bits per heavy atom. The van der Waals surface area contributed by atoms with Crippen LogP contribution in [0.25, 0.3) is 11.3 Å². The molecule has 0 aliphatic heterocycles. The molecule has 3 aromatic rings. The van der Waals surface area contributed by atoms with Gasteiger partial charge in [0.15, 0.2) is 0 Å². The highest BCUT2D eigenvalue weighted by Crippen LogP contribution is 2.23. The summed E-state index contributed by atoms with van der Waals surface area (Å²) in [6.07, 6.45) is 0. The van der Waals surface area contributed by atoms with Crippen LogP contribution in [0.4, 0.5) is 4.39 Å². The molecule has 0 radical (unpaired) electrons. The molecule has 0 atom stereocenters. The lowest BCUT2D eigenvalue weighted by molar-refractivity contribution is 0.574. The number of hydrogen-bond acceptors (Lipinski definition) is 4. The van der Waals surface area contributed by atoms with Crippen molar-refractivity contribution in [3.05, 3.63) is 65.6 Å². The van der Waals surface area contributed by atoms with Crippen LogP contribution in [0, 0.1) is 19.7 Å². The summed E-state index contributed by atoms with van der Waals surface area (Å²) in [4.78, 5) is -0.0395. The maximum absolute atomic E-state index is 13.0. The summed E-state index contributed by atoms with van der Waals surface area (Å²) in [7, 11) is -3.91. The standard InChI is InChI=1S/C16H14FN3O2S/c1-11-3-5-13(6-4-11)16-12(2)20(19-18-16)23(21,22)15-9-7-14(17)8-10-15/h3-10H,1-2H3. The zero-order chi connectivity index (χ0) is 16.6. The Hall–Kier alpha value is -2.54. The lowest BCUT2D eigenvalue weighted by Gasteiger charge is -2.06. The molecule has 1 aromatic heterocycles. The fraction of sp³-hybridized carbons (Fsp3) is 0.125. The Kier molecular flexibility index (Phi) is 3.73. The van der Waals surface area contributed by atoms with Crippen LogP contribution in [0.3, 0.4) is 0 Å². The van der Waals surface area contributed by atoms with E-state index < -0.39 is 15.8 Å². The van der Waals surface area contributed by atoms with Gasteiger partial charge in [0.1, 0.15) is 11.5 Å². The van der Waals surface area contributed by atoms with E-state index in [1.807, 2.05) is 31.2 Å². The third-order valence-corrected chi connectivity index (χ3v) is 5.19. The maximum atomic E-state index is 13.0. The molecule has 0 aliphatic carbocycles. The minimum atomic E-state index is -3.91. The predicted molar refractivity (Wildman–Crippen MR) is 83.9 cm³/mol. The fourth-order valence-electron chi connectivity index (χ4n) is 2.23. The van der Waals surface area contributed by atoms with Gasteiger partial charge in [-0.1, -0.05) is 35.0 Å². The molecule has 0 N–H and O–H groups in total. The molecule has 1 heterocycles. The van der Waals surface area contributed by atoms with Crippen molar-refractivity contribution in [2.75, 3.05) is 0 Å². The van der Waals surface area contributed by atoms with E-state index in [4.69, 9.17) is 0 Å². The summed E-state index contributed by atoms with van der Waals surface area (Å²) in [6, 6.07) is 12.2. The quantitative estimate of drug-likeness (QED) is 0.740. The van der Waals surface area contributed by atoms with Gasteiger partial charge < -0.3 is 0 Å². The van der Waals surface area contributed by atoms with Crippen molar-refractivity contribution in [1.29, 1.82) is 0 Å². The van der Waals surface area contributed by atoms with E-state index >= 15 is 0 Å². The zero-order valence-electron chi connectivity index (χ0n) is 12.6. The molecule has 7 heteroatoms. The van der Waals surface area contributed by atoms with Gasteiger partial charge in [-0.2, -0.15) is 8.42 Å². The Balaban J connectivity index is 2.08. The van der Waals surface area contributed by atoms with Gasteiger partial charge in [0.2, 0.25) is 0 Å². The van der Waals surface area contributed by atoms with Crippen molar-refractivity contribution in [3.8, 4) is 11.3 Å². The largest absolute Gasteiger partial charge is 0.284 e. The molecule has 23 heavy (non-hydrogen) atoms. The monoisotopic (exact) mass is 331 g/mol. The first-order valence-corrected chi connectivity index (χ1v) is 8.34. The SMILES string of the molecule is Cc1ccc(-c2nnn(S(=O)(=O)c3ccc(F)cc3)c2C)cc1. The molecular weight excluding hydrogens is 317 g/mol. The van der Waals surface area contributed by atoms with Crippen LogP contribution in [-0.4, -0.2) is 22.8 Å². The summed E-state index contributed by atoms with van der Waals surface area (Å²) < 4.78 is 39.1. The van der Waals surface area contributed by atoms with Gasteiger partial charge in [-0.25, -0.2) is 4.39 Å². The van der Waals surface area contributed by atoms with Crippen molar-refractivity contribution in [2.45, 2.75) is 18.7 Å². The summed E-state index contributed by atoms with van der Waals surface area (Å²) in [5, 5.41) is 7.75. The summed E-state index contributed by atoms with van der Waals surface area (Å²) in [5.41, 5.74) is 2.78. The second-order valence-electron chi connectivity index (χ2n) is 5.19. The topological polar surface area (TPSA) is 64.8 Å². The highest BCUT2D eigenvalue weighted by Gasteiger charge is 2.23. The fourth-order valence-corrected chi connectivity index (χ4v) is 3.49. The highest BCUT2D eigenvalue weighted by molar-refractivity contribution is 7.89. The van der Waals surface area contributed by atoms with Gasteiger partial charge in [-0.15, -0.1) is 9.19 Å². The van der Waals surface area contributed by atoms with Gasteiger partial charge in [-0.05, 0) is 38.1 Å². The molecule has 118 valence electrons. The number of halogens is 1. The van der Waals surface area contributed by atoms with Crippen LogP contribution >= 0.6 is 0 Å². The smallest absolute Gasteiger partial charge is 0.207 e. The molecule has 0 unspecified atom stereocenters. The average Bonchev–Trinajstić information content (AvgIpc) is 2.91. The molecule has 5 nitrogen and oxygen atoms in total. The Bertz CT molecular complexity index is 946. The number of nitrogens with zero attached hydrogens (tertiary/aromatic N) is 3. The van der Waals surface area contributed by atoms with E-state index in [-0.39, 0.29) is 4.90 Å². The van der Waals surface area contributed by atoms with Crippen LogP contribution in [-0.2, 0) is 10.0 Å². The van der Waals surface area contributed by atoms with E-state index in [2.05, 4.69) is 10.3 Å². The lowest BCUT2D eigenvalue weighted by Crippen LogP contribution is -2.16. The second kappa shape index (κ2) is 5.58. The lowest BCUT2D eigenvalue weighted by atomic mass is 10.1. The van der Waals surface area contributed by atoms with Gasteiger partial charge in [0.25, 0.3) is 10.0 Å². The normalized spacial score (nSPS) is 11.6. The Morgan fingerprint density at radius 2 is 1.57 bits per heavy atom. The Morgan fingerprint density at radius 3 is 2.17 bits per heavy atom. The molecule has 0 saturated heterocycles. The maximum Gasteiger partial charge on any atom is 0.284 e. The van der Waals surface area contributed by atoms with Gasteiger partial charge in [0, 0.05) is 5.56 Å². The first-order valence-electron chi connectivity index (χ1n) is 6.90. The molecular formula is C16H14FN3O2S. The van der Waals surface area contributed by atoms with Crippen LogP contribution in [0.5, 0.6) is 0 Å². The third-order valence-electron chi connectivity index (χ3n) is 3.52. The van der Waals surface area contributed by atoms with Crippen LogP contribution in [0.15, 0.2) is 53.4 Å². The van der Waals surface area contributed by atoms with Gasteiger partial charge in [0.05, 0.1) is 10.6 Å². The number of aromatic nitrogens is 3. The molecule has 2 aromatic carbocycles. The number of aryl methyl sites for hydroxylation is 1. The van der Waals surface area contributed by atoms with Crippen LogP contribution < -0.4 is 0 Å². The number of benzene rings is 2. The number of hydrogen-bond donors (Lipinski definition) is 0. The summed E-state index contributed by atoms with van der Waals surface area (Å²) in [6.45, 7) is 3.60. The van der Waals surface area contributed by atoms with E-state index in [0.717, 1.165) is 27.3 Å². The Labute approximate surface area is 133 Å². The highest BCUT2D eigenvalue weighted by atomic mass is 32.2. The molecule has 3 rings (SSSR count). The van der Waals surface area contributed by atoms with Crippen molar-refractivity contribution >= 4 is 10.0 Å². The second-order valence-corrected chi connectivity index (χ2v) is 6.96. The van der Waals surface area contributed by atoms with E-state index in [1.54, 1.807) is 6.92 Å².